The molecule has 0 saturated carbocycles. The van der Waals surface area contributed by atoms with Gasteiger partial charge in [0.1, 0.15) is 0 Å². The van der Waals surface area contributed by atoms with E-state index in [0.29, 0.717) is 0 Å². The minimum Gasteiger partial charge on any atom is -0.322 e. The fourth-order valence-electron chi connectivity index (χ4n) is 1.84. The van der Waals surface area contributed by atoms with Crippen molar-refractivity contribution in [1.29, 1.82) is 0 Å². The maximum absolute atomic E-state index is 5.57. The number of hydrogen-bond acceptors (Lipinski definition) is 3. The molecule has 0 unspecified atom stereocenters. The van der Waals surface area contributed by atoms with E-state index in [1.165, 1.54) is 0 Å². The third kappa shape index (κ3) is 2.28. The molecule has 0 aliphatic heterocycles. The summed E-state index contributed by atoms with van der Waals surface area (Å²) in [5.41, 5.74) is 5.50. The zero-order valence-corrected chi connectivity index (χ0v) is 11.8. The lowest BCUT2D eigenvalue weighted by Crippen LogP contribution is -2.19. The second-order valence-electron chi connectivity index (χ2n) is 5.09. The summed E-state index contributed by atoms with van der Waals surface area (Å²) in [6.45, 7) is 6.37. The van der Waals surface area contributed by atoms with Crippen LogP contribution in [0.1, 0.15) is 26.5 Å². The number of para-hydroxylation sites is 1. The van der Waals surface area contributed by atoms with Crippen molar-refractivity contribution in [3.8, 4) is 0 Å². The van der Waals surface area contributed by atoms with Gasteiger partial charge in [0.25, 0.3) is 0 Å². The zero-order valence-electron chi connectivity index (χ0n) is 10.2. The van der Waals surface area contributed by atoms with Gasteiger partial charge in [-0.05, 0) is 28.1 Å². The Morgan fingerprint density at radius 3 is 2.59 bits per heavy atom. The third-order valence-electron chi connectivity index (χ3n) is 2.66. The quantitative estimate of drug-likeness (QED) is 0.624. The molecule has 90 valence electrons. The number of fused-ring (bicyclic) bond motifs is 1. The normalized spacial score (nSPS) is 11.8. The summed E-state index contributed by atoms with van der Waals surface area (Å²) in [6, 6.07) is 8.05. The topological polar surface area (TPSA) is 50.9 Å². The number of benzene rings is 1. The maximum atomic E-state index is 5.57. The van der Waals surface area contributed by atoms with Crippen molar-refractivity contribution in [1.82, 2.24) is 4.98 Å². The number of anilines is 1. The molecule has 3 nitrogen and oxygen atoms in total. The number of hydrogen-bond donors (Lipinski definition) is 2. The molecule has 1 heterocycles. The van der Waals surface area contributed by atoms with Gasteiger partial charge in [-0.2, -0.15) is 0 Å². The van der Waals surface area contributed by atoms with Gasteiger partial charge in [-0.25, -0.2) is 4.98 Å². The predicted octanol–water partition coefficient (Wildman–Crippen LogP) is 3.58. The molecule has 2 rings (SSSR count). The first kappa shape index (κ1) is 12.3. The van der Waals surface area contributed by atoms with Crippen LogP contribution in [0.4, 0.5) is 5.69 Å². The summed E-state index contributed by atoms with van der Waals surface area (Å²) in [7, 11) is 0. The molecule has 0 amide bonds. The molecule has 1 aromatic carbocycles. The molecule has 0 radical (unpaired) electrons. The molecule has 0 atom stereocenters. The molecule has 17 heavy (non-hydrogen) atoms. The minimum atomic E-state index is -0.0504. The van der Waals surface area contributed by atoms with Crippen molar-refractivity contribution in [3.63, 3.8) is 0 Å². The van der Waals surface area contributed by atoms with Gasteiger partial charge < -0.3 is 5.43 Å². The molecule has 0 bridgehead atoms. The smallest absolute Gasteiger partial charge is 0.0849 e. The lowest BCUT2D eigenvalue weighted by molar-refractivity contribution is 0.573. The van der Waals surface area contributed by atoms with E-state index in [4.69, 9.17) is 10.8 Å². The first-order valence-electron chi connectivity index (χ1n) is 5.50. The number of rotatable bonds is 1. The van der Waals surface area contributed by atoms with E-state index in [1.807, 2.05) is 24.3 Å². The van der Waals surface area contributed by atoms with Crippen LogP contribution in [-0.4, -0.2) is 4.98 Å². The molecule has 1 aromatic heterocycles. The van der Waals surface area contributed by atoms with Crippen LogP contribution in [0, 0.1) is 0 Å². The highest BCUT2D eigenvalue weighted by molar-refractivity contribution is 9.10. The summed E-state index contributed by atoms with van der Waals surface area (Å²) < 4.78 is 1.00. The van der Waals surface area contributed by atoms with Crippen molar-refractivity contribution >= 4 is 32.5 Å². The maximum Gasteiger partial charge on any atom is 0.0849 e. The summed E-state index contributed by atoms with van der Waals surface area (Å²) in [5, 5.41) is 1.07. The standard InChI is InChI=1S/C13H16BrN3/c1-13(2,3)12-10(17-15)7-8-5-4-6-9(14)11(8)16-12/h4-7,17H,15H2,1-3H3. The second-order valence-corrected chi connectivity index (χ2v) is 5.94. The van der Waals surface area contributed by atoms with E-state index in [9.17, 15) is 0 Å². The number of nitrogens with one attached hydrogen (secondary N) is 1. The van der Waals surface area contributed by atoms with Crippen LogP contribution < -0.4 is 11.3 Å². The Hall–Kier alpha value is -1.13. The van der Waals surface area contributed by atoms with Gasteiger partial charge in [-0.15, -0.1) is 0 Å². The van der Waals surface area contributed by atoms with Crippen LogP contribution in [0.2, 0.25) is 0 Å². The average molecular weight is 294 g/mol. The second kappa shape index (κ2) is 4.27. The van der Waals surface area contributed by atoms with E-state index >= 15 is 0 Å². The van der Waals surface area contributed by atoms with Gasteiger partial charge in [-0.3, -0.25) is 5.84 Å². The summed E-state index contributed by atoms with van der Waals surface area (Å²) >= 11 is 3.53. The van der Waals surface area contributed by atoms with Crippen LogP contribution in [-0.2, 0) is 5.41 Å². The first-order chi connectivity index (χ1) is 7.93. The van der Waals surface area contributed by atoms with Crippen LogP contribution in [0.5, 0.6) is 0 Å². The molecular weight excluding hydrogens is 278 g/mol. The van der Waals surface area contributed by atoms with E-state index in [-0.39, 0.29) is 5.41 Å². The van der Waals surface area contributed by atoms with E-state index in [2.05, 4.69) is 42.1 Å². The molecule has 0 saturated heterocycles. The largest absolute Gasteiger partial charge is 0.322 e. The van der Waals surface area contributed by atoms with E-state index in [0.717, 1.165) is 26.8 Å². The molecule has 4 heteroatoms. The number of nitrogens with two attached hydrogens (primary N) is 1. The zero-order chi connectivity index (χ0) is 12.6. The van der Waals surface area contributed by atoms with Gasteiger partial charge >= 0.3 is 0 Å². The fraction of sp³-hybridized carbons (Fsp3) is 0.308. The van der Waals surface area contributed by atoms with Gasteiger partial charge in [-0.1, -0.05) is 32.9 Å². The summed E-state index contributed by atoms with van der Waals surface area (Å²) in [4.78, 5) is 4.73. The lowest BCUT2D eigenvalue weighted by atomic mass is 9.90. The number of nitrogen functional groups attached to an aromatic ring is 1. The Labute approximate surface area is 110 Å². The Bertz CT molecular complexity index is 558. The molecule has 3 N–H and O–H groups in total. The summed E-state index contributed by atoms with van der Waals surface area (Å²) in [5.74, 6) is 5.57. The van der Waals surface area contributed by atoms with Gasteiger partial charge in [0.2, 0.25) is 0 Å². The number of pyridine rings is 1. The molecule has 0 fully saturated rings. The van der Waals surface area contributed by atoms with Crippen molar-refractivity contribution in [2.75, 3.05) is 5.43 Å². The van der Waals surface area contributed by atoms with Gasteiger partial charge in [0.15, 0.2) is 0 Å². The first-order valence-corrected chi connectivity index (χ1v) is 6.29. The van der Waals surface area contributed by atoms with Gasteiger partial charge in [0.05, 0.1) is 16.9 Å². The van der Waals surface area contributed by atoms with Crippen molar-refractivity contribution in [2.24, 2.45) is 5.84 Å². The Morgan fingerprint density at radius 1 is 1.29 bits per heavy atom. The van der Waals surface area contributed by atoms with Gasteiger partial charge in [0, 0.05) is 15.3 Å². The lowest BCUT2D eigenvalue weighted by Gasteiger charge is -2.22. The highest BCUT2D eigenvalue weighted by Gasteiger charge is 2.20. The van der Waals surface area contributed by atoms with Crippen LogP contribution >= 0.6 is 15.9 Å². The number of hydrazine groups is 1. The van der Waals surface area contributed by atoms with Crippen molar-refractivity contribution < 1.29 is 0 Å². The Morgan fingerprint density at radius 2 is 2.00 bits per heavy atom. The monoisotopic (exact) mass is 293 g/mol. The van der Waals surface area contributed by atoms with E-state index < -0.39 is 0 Å². The minimum absolute atomic E-state index is 0.0504. The predicted molar refractivity (Wildman–Crippen MR) is 76.0 cm³/mol. The summed E-state index contributed by atoms with van der Waals surface area (Å²) in [6.07, 6.45) is 0. The van der Waals surface area contributed by atoms with Crippen LogP contribution in [0.25, 0.3) is 10.9 Å². The van der Waals surface area contributed by atoms with Crippen molar-refractivity contribution in [3.05, 3.63) is 34.4 Å². The van der Waals surface area contributed by atoms with Crippen LogP contribution in [0.3, 0.4) is 0 Å². The highest BCUT2D eigenvalue weighted by Crippen LogP contribution is 2.32. The fourth-order valence-corrected chi connectivity index (χ4v) is 2.31. The van der Waals surface area contributed by atoms with E-state index in [1.54, 1.807) is 0 Å². The number of halogens is 1. The molecule has 0 aliphatic rings. The third-order valence-corrected chi connectivity index (χ3v) is 3.30. The molecule has 2 aromatic rings. The molecule has 0 aliphatic carbocycles. The van der Waals surface area contributed by atoms with Crippen molar-refractivity contribution in [2.45, 2.75) is 26.2 Å². The Balaban J connectivity index is 2.79. The van der Waals surface area contributed by atoms with Crippen LogP contribution in [0.15, 0.2) is 28.7 Å². The SMILES string of the molecule is CC(C)(C)c1nc2c(Br)cccc2cc1NN. The average Bonchev–Trinajstić information content (AvgIpc) is 2.26. The molecular formula is C13H16BrN3. The Kier molecular flexibility index (Phi) is 3.10. The number of aromatic nitrogens is 1. The molecule has 0 spiro atoms. The number of nitrogens with zero attached hydrogens (tertiary/aromatic N) is 1. The highest BCUT2D eigenvalue weighted by atomic mass is 79.9.